The van der Waals surface area contributed by atoms with Crippen molar-refractivity contribution < 1.29 is 14.7 Å². The zero-order chi connectivity index (χ0) is 16.5. The number of pyridine rings is 1. The number of nitrogens with zero attached hydrogens (tertiary/aromatic N) is 1. The summed E-state index contributed by atoms with van der Waals surface area (Å²) in [7, 11) is 0. The summed E-state index contributed by atoms with van der Waals surface area (Å²) >= 11 is 0. The van der Waals surface area contributed by atoms with Crippen LogP contribution in [-0.4, -0.2) is 34.1 Å². The number of rotatable bonds is 9. The van der Waals surface area contributed by atoms with E-state index in [9.17, 15) is 9.59 Å². The highest BCUT2D eigenvalue weighted by atomic mass is 16.4. The van der Waals surface area contributed by atoms with Crippen LogP contribution >= 0.6 is 0 Å². The molecule has 122 valence electrons. The average molecular weight is 307 g/mol. The van der Waals surface area contributed by atoms with Gasteiger partial charge in [-0.15, -0.1) is 0 Å². The predicted molar refractivity (Wildman–Crippen MR) is 84.2 cm³/mol. The second kappa shape index (κ2) is 9.15. The quantitative estimate of drug-likeness (QED) is 0.644. The fourth-order valence-electron chi connectivity index (χ4n) is 2.14. The van der Waals surface area contributed by atoms with Crippen LogP contribution in [0.3, 0.4) is 0 Å². The smallest absolute Gasteiger partial charge is 0.320 e. The maximum atomic E-state index is 12.3. The van der Waals surface area contributed by atoms with Gasteiger partial charge in [0.05, 0.1) is 6.04 Å². The van der Waals surface area contributed by atoms with Crippen molar-refractivity contribution >= 4 is 11.9 Å². The molecule has 0 aromatic carbocycles. The molecule has 3 N–H and O–H groups in total. The minimum Gasteiger partial charge on any atom is -0.480 e. The Morgan fingerprint density at radius 1 is 1.32 bits per heavy atom. The lowest BCUT2D eigenvalue weighted by Gasteiger charge is -2.23. The van der Waals surface area contributed by atoms with Gasteiger partial charge in [-0.25, -0.2) is 0 Å². The highest BCUT2D eigenvalue weighted by molar-refractivity contribution is 5.83. The van der Waals surface area contributed by atoms with E-state index in [1.165, 1.54) is 0 Å². The molecule has 0 aliphatic heterocycles. The number of hydrogen-bond donors (Lipinski definition) is 3. The van der Waals surface area contributed by atoms with E-state index in [-0.39, 0.29) is 11.8 Å². The average Bonchev–Trinajstić information content (AvgIpc) is 2.49. The summed E-state index contributed by atoms with van der Waals surface area (Å²) in [6.07, 6.45) is 4.38. The van der Waals surface area contributed by atoms with Crippen molar-refractivity contribution in [1.82, 2.24) is 15.6 Å². The fourth-order valence-corrected chi connectivity index (χ4v) is 2.14. The molecule has 6 heteroatoms. The van der Waals surface area contributed by atoms with Crippen LogP contribution in [0.1, 0.15) is 39.2 Å². The third kappa shape index (κ3) is 6.22. The summed E-state index contributed by atoms with van der Waals surface area (Å²) in [6, 6.07) is 2.46. The molecule has 2 atom stereocenters. The summed E-state index contributed by atoms with van der Waals surface area (Å²) in [6.45, 7) is 6.17. The second-order valence-electron chi connectivity index (χ2n) is 5.73. The number of carbonyl (C=O) groups is 2. The van der Waals surface area contributed by atoms with Crippen molar-refractivity contribution in [3.63, 3.8) is 0 Å². The summed E-state index contributed by atoms with van der Waals surface area (Å²) in [5.41, 5.74) is 0.907. The second-order valence-corrected chi connectivity index (χ2v) is 5.73. The lowest BCUT2D eigenvalue weighted by molar-refractivity contribution is -0.140. The van der Waals surface area contributed by atoms with Gasteiger partial charge in [-0.05, 0) is 30.4 Å². The Hall–Kier alpha value is -1.95. The predicted octanol–water partition coefficient (Wildman–Crippen LogP) is 1.57. The Labute approximate surface area is 131 Å². The largest absolute Gasteiger partial charge is 0.480 e. The van der Waals surface area contributed by atoms with Gasteiger partial charge < -0.3 is 10.4 Å². The Morgan fingerprint density at radius 2 is 2.05 bits per heavy atom. The number of amides is 1. The Balaban J connectivity index is 2.65. The molecule has 0 saturated carbocycles. The molecule has 0 aliphatic rings. The highest BCUT2D eigenvalue weighted by Crippen LogP contribution is 2.08. The highest BCUT2D eigenvalue weighted by Gasteiger charge is 2.25. The topological polar surface area (TPSA) is 91.3 Å². The standard InChI is InChI=1S/C16H25N3O3/c1-4-13(16(21)22)19-14(8-11(2)3)15(20)18-10-12-6-5-7-17-9-12/h5-7,9,11,13-14,19H,4,8,10H2,1-3H3,(H,18,20)(H,21,22)/t13-,14+/m1/s1. The molecule has 0 unspecified atom stereocenters. The van der Waals surface area contributed by atoms with Crippen LogP contribution in [0, 0.1) is 5.92 Å². The monoisotopic (exact) mass is 307 g/mol. The normalized spacial score (nSPS) is 13.6. The number of carboxylic acid groups (broad SMARTS) is 1. The molecule has 1 aromatic heterocycles. The van der Waals surface area contributed by atoms with E-state index in [2.05, 4.69) is 15.6 Å². The lowest BCUT2D eigenvalue weighted by atomic mass is 10.0. The summed E-state index contributed by atoms with van der Waals surface area (Å²) in [5, 5.41) is 14.9. The zero-order valence-electron chi connectivity index (χ0n) is 13.4. The molecular formula is C16H25N3O3. The molecule has 1 rings (SSSR count). The molecule has 0 fully saturated rings. The minimum absolute atomic E-state index is 0.183. The third-order valence-electron chi connectivity index (χ3n) is 3.32. The van der Waals surface area contributed by atoms with Gasteiger partial charge in [0.2, 0.25) is 5.91 Å². The van der Waals surface area contributed by atoms with Crippen LogP contribution in [0.5, 0.6) is 0 Å². The van der Waals surface area contributed by atoms with Gasteiger partial charge in [0.1, 0.15) is 6.04 Å². The van der Waals surface area contributed by atoms with Crippen LogP contribution in [0.25, 0.3) is 0 Å². The van der Waals surface area contributed by atoms with Gasteiger partial charge in [0.15, 0.2) is 0 Å². The first kappa shape index (κ1) is 18.1. The van der Waals surface area contributed by atoms with E-state index in [1.54, 1.807) is 19.3 Å². The van der Waals surface area contributed by atoms with E-state index in [0.29, 0.717) is 19.4 Å². The van der Waals surface area contributed by atoms with E-state index in [4.69, 9.17) is 5.11 Å². The first-order valence-corrected chi connectivity index (χ1v) is 7.59. The molecule has 1 amide bonds. The van der Waals surface area contributed by atoms with Crippen LogP contribution in [0.15, 0.2) is 24.5 Å². The molecule has 6 nitrogen and oxygen atoms in total. The molecule has 0 aliphatic carbocycles. The lowest BCUT2D eigenvalue weighted by Crippen LogP contribution is -2.51. The van der Waals surface area contributed by atoms with Crippen molar-refractivity contribution in [1.29, 1.82) is 0 Å². The van der Waals surface area contributed by atoms with Crippen molar-refractivity contribution in [2.24, 2.45) is 5.92 Å². The van der Waals surface area contributed by atoms with Gasteiger partial charge >= 0.3 is 5.97 Å². The van der Waals surface area contributed by atoms with Gasteiger partial charge in [0.25, 0.3) is 0 Å². The van der Waals surface area contributed by atoms with Gasteiger partial charge in [-0.2, -0.15) is 0 Å². The number of carbonyl (C=O) groups excluding carboxylic acids is 1. The van der Waals surface area contributed by atoms with Crippen LogP contribution in [0.2, 0.25) is 0 Å². The van der Waals surface area contributed by atoms with E-state index in [0.717, 1.165) is 5.56 Å². The first-order chi connectivity index (χ1) is 10.4. The van der Waals surface area contributed by atoms with Gasteiger partial charge in [0, 0.05) is 18.9 Å². The summed E-state index contributed by atoms with van der Waals surface area (Å²) < 4.78 is 0. The minimum atomic E-state index is -0.934. The Kier molecular flexibility index (Phi) is 7.52. The maximum absolute atomic E-state index is 12.3. The molecular weight excluding hydrogens is 282 g/mol. The van der Waals surface area contributed by atoms with Crippen molar-refractivity contribution in [2.45, 2.75) is 52.2 Å². The number of aliphatic carboxylic acids is 1. The molecule has 0 bridgehead atoms. The van der Waals surface area contributed by atoms with Crippen molar-refractivity contribution in [3.05, 3.63) is 30.1 Å². The van der Waals surface area contributed by atoms with Crippen LogP contribution in [0.4, 0.5) is 0 Å². The first-order valence-electron chi connectivity index (χ1n) is 7.59. The Bertz CT molecular complexity index is 477. The number of aromatic nitrogens is 1. The van der Waals surface area contributed by atoms with Gasteiger partial charge in [-0.3, -0.25) is 19.9 Å². The maximum Gasteiger partial charge on any atom is 0.320 e. The fraction of sp³-hybridized carbons (Fsp3) is 0.562. The zero-order valence-corrected chi connectivity index (χ0v) is 13.4. The van der Waals surface area contributed by atoms with E-state index in [1.807, 2.05) is 26.0 Å². The SMILES string of the molecule is CC[C@@H](N[C@@H](CC(C)C)C(=O)NCc1cccnc1)C(=O)O. The molecule has 0 saturated heterocycles. The molecule has 0 radical (unpaired) electrons. The summed E-state index contributed by atoms with van der Waals surface area (Å²) in [4.78, 5) is 27.5. The Morgan fingerprint density at radius 3 is 2.55 bits per heavy atom. The molecule has 1 aromatic rings. The number of hydrogen-bond acceptors (Lipinski definition) is 4. The van der Waals surface area contributed by atoms with E-state index < -0.39 is 18.1 Å². The van der Waals surface area contributed by atoms with Crippen molar-refractivity contribution in [3.8, 4) is 0 Å². The summed E-state index contributed by atoms with van der Waals surface area (Å²) in [5.74, 6) is -0.832. The van der Waals surface area contributed by atoms with Crippen molar-refractivity contribution in [2.75, 3.05) is 0 Å². The number of nitrogens with one attached hydrogen (secondary N) is 2. The van der Waals surface area contributed by atoms with Crippen LogP contribution < -0.4 is 10.6 Å². The number of carboxylic acids is 1. The molecule has 22 heavy (non-hydrogen) atoms. The van der Waals surface area contributed by atoms with Gasteiger partial charge in [-0.1, -0.05) is 26.8 Å². The molecule has 0 spiro atoms. The molecule has 1 heterocycles. The van der Waals surface area contributed by atoms with E-state index >= 15 is 0 Å². The third-order valence-corrected chi connectivity index (χ3v) is 3.32. The van der Waals surface area contributed by atoms with Crippen LogP contribution in [-0.2, 0) is 16.1 Å².